The van der Waals surface area contributed by atoms with Gasteiger partial charge in [-0.05, 0) is 24.6 Å². The number of carbonyl (C=O) groups excluding carboxylic acids is 1. The van der Waals surface area contributed by atoms with E-state index in [4.69, 9.17) is 4.74 Å². The number of nitrogens with one attached hydrogen (secondary N) is 1. The zero-order valence-electron chi connectivity index (χ0n) is 12.8. The number of esters is 1. The first-order chi connectivity index (χ1) is 11.6. The van der Waals surface area contributed by atoms with Gasteiger partial charge < -0.3 is 4.74 Å². The molecule has 0 saturated heterocycles. The van der Waals surface area contributed by atoms with Crippen LogP contribution in [0.1, 0.15) is 25.3 Å². The molecule has 0 bridgehead atoms. The fourth-order valence-electron chi connectivity index (χ4n) is 1.73. The van der Waals surface area contributed by atoms with Crippen molar-refractivity contribution in [2.24, 2.45) is 0 Å². The number of rotatable bonds is 6. The van der Waals surface area contributed by atoms with Crippen molar-refractivity contribution in [2.75, 3.05) is 4.72 Å². The van der Waals surface area contributed by atoms with Crippen LogP contribution in [0.5, 0.6) is 5.06 Å². The Labute approximate surface area is 145 Å². The van der Waals surface area contributed by atoms with Crippen molar-refractivity contribution in [3.63, 3.8) is 0 Å². The van der Waals surface area contributed by atoms with Gasteiger partial charge in [0.15, 0.2) is 5.13 Å². The van der Waals surface area contributed by atoms with Crippen molar-refractivity contribution >= 4 is 32.5 Å². The van der Waals surface area contributed by atoms with E-state index in [0.717, 1.165) is 35.7 Å². The van der Waals surface area contributed by atoms with Gasteiger partial charge in [-0.15, -0.1) is 0 Å². The molecular weight excluding hydrogens is 381 g/mol. The number of sulfonamides is 1. The summed E-state index contributed by atoms with van der Waals surface area (Å²) in [6.07, 6.45) is -2.72. The van der Waals surface area contributed by atoms with E-state index in [2.05, 4.69) is 9.71 Å². The third-order valence-electron chi connectivity index (χ3n) is 2.85. The third kappa shape index (κ3) is 5.16. The first kappa shape index (κ1) is 19.2. The molecule has 6 nitrogen and oxygen atoms in total. The minimum atomic E-state index is -4.66. The minimum absolute atomic E-state index is 0.0835. The van der Waals surface area contributed by atoms with E-state index in [1.165, 1.54) is 0 Å². The van der Waals surface area contributed by atoms with Crippen LogP contribution in [-0.2, 0) is 21.0 Å². The lowest BCUT2D eigenvalue weighted by Gasteiger charge is -2.09. The molecule has 1 N–H and O–H groups in total. The summed E-state index contributed by atoms with van der Waals surface area (Å²) in [5.74, 6) is -0.488. The van der Waals surface area contributed by atoms with Gasteiger partial charge in [-0.25, -0.2) is 13.4 Å². The van der Waals surface area contributed by atoms with Crippen LogP contribution < -0.4 is 9.46 Å². The molecule has 2 rings (SSSR count). The Balaban J connectivity index is 2.17. The number of halogens is 3. The molecule has 0 atom stereocenters. The average molecular weight is 394 g/mol. The van der Waals surface area contributed by atoms with Crippen LogP contribution in [0.2, 0.25) is 0 Å². The molecule has 0 fully saturated rings. The number of anilines is 1. The number of benzene rings is 1. The van der Waals surface area contributed by atoms with Gasteiger partial charge in [-0.2, -0.15) is 13.2 Å². The van der Waals surface area contributed by atoms with Crippen molar-refractivity contribution < 1.29 is 31.1 Å². The lowest BCUT2D eigenvalue weighted by molar-refractivity contribution is -0.137. The summed E-state index contributed by atoms with van der Waals surface area (Å²) in [7, 11) is -4.26. The highest BCUT2D eigenvalue weighted by molar-refractivity contribution is 7.93. The molecule has 0 spiro atoms. The second-order valence-corrected chi connectivity index (χ2v) is 7.52. The topological polar surface area (TPSA) is 85.4 Å². The Hall–Kier alpha value is -2.14. The van der Waals surface area contributed by atoms with Crippen LogP contribution in [0.3, 0.4) is 0 Å². The number of carbonyl (C=O) groups is 1. The highest BCUT2D eigenvalue weighted by Gasteiger charge is 2.31. The fraction of sp³-hybridized carbons (Fsp3) is 0.286. The predicted octanol–water partition coefficient (Wildman–Crippen LogP) is 3.67. The van der Waals surface area contributed by atoms with Crippen molar-refractivity contribution in [1.29, 1.82) is 0 Å². The zero-order chi connectivity index (χ0) is 18.7. The molecular formula is C14H13F3N2O4S2. The highest BCUT2D eigenvalue weighted by atomic mass is 32.2. The van der Waals surface area contributed by atoms with Gasteiger partial charge in [0, 0.05) is 6.42 Å². The second-order valence-electron chi connectivity index (χ2n) is 4.84. The summed E-state index contributed by atoms with van der Waals surface area (Å²) in [6.45, 7) is 1.79. The van der Waals surface area contributed by atoms with E-state index >= 15 is 0 Å². The van der Waals surface area contributed by atoms with Gasteiger partial charge in [-0.3, -0.25) is 9.52 Å². The van der Waals surface area contributed by atoms with Gasteiger partial charge in [0.2, 0.25) is 5.06 Å². The van der Waals surface area contributed by atoms with Crippen LogP contribution >= 0.6 is 11.3 Å². The van der Waals surface area contributed by atoms with E-state index in [9.17, 15) is 26.4 Å². The quantitative estimate of drug-likeness (QED) is 0.756. The van der Waals surface area contributed by atoms with Gasteiger partial charge >= 0.3 is 12.1 Å². The van der Waals surface area contributed by atoms with Crippen LogP contribution in [0.4, 0.5) is 18.3 Å². The highest BCUT2D eigenvalue weighted by Crippen LogP contribution is 2.32. The van der Waals surface area contributed by atoms with E-state index in [0.29, 0.717) is 12.5 Å². The standard InChI is InChI=1S/C14H13F3N2O4S2/c1-2-4-11(20)23-12-8-18-13(24-12)19-25(21,22)10-6-3-5-9(7-10)14(15,16)17/h3,5-8H,2,4H2,1H3,(H,18,19). The Morgan fingerprint density at radius 1 is 1.36 bits per heavy atom. The Morgan fingerprint density at radius 2 is 2.08 bits per heavy atom. The first-order valence-corrected chi connectivity index (χ1v) is 9.28. The molecule has 0 saturated carbocycles. The molecule has 0 amide bonds. The predicted molar refractivity (Wildman–Crippen MR) is 84.9 cm³/mol. The van der Waals surface area contributed by atoms with Gasteiger partial charge in [0.05, 0.1) is 16.7 Å². The number of nitrogens with zero attached hydrogens (tertiary/aromatic N) is 1. The average Bonchev–Trinajstić information content (AvgIpc) is 2.93. The molecule has 2 aromatic rings. The smallest absolute Gasteiger partial charge is 0.414 e. The van der Waals surface area contributed by atoms with Crippen LogP contribution in [0.25, 0.3) is 0 Å². The normalized spacial score (nSPS) is 12.0. The monoisotopic (exact) mass is 394 g/mol. The first-order valence-electron chi connectivity index (χ1n) is 6.98. The lowest BCUT2D eigenvalue weighted by Crippen LogP contribution is -2.14. The maximum atomic E-state index is 12.7. The summed E-state index contributed by atoms with van der Waals surface area (Å²) in [5, 5.41) is -0.0445. The molecule has 0 unspecified atom stereocenters. The van der Waals surface area contributed by atoms with Gasteiger partial charge in [0.25, 0.3) is 10.0 Å². The van der Waals surface area contributed by atoms with Crippen molar-refractivity contribution in [3.05, 3.63) is 36.0 Å². The van der Waals surface area contributed by atoms with E-state index in [-0.39, 0.29) is 16.6 Å². The molecule has 0 radical (unpaired) electrons. The lowest BCUT2D eigenvalue weighted by atomic mass is 10.2. The van der Waals surface area contributed by atoms with Crippen molar-refractivity contribution in [1.82, 2.24) is 4.98 Å². The fourth-order valence-corrected chi connectivity index (χ4v) is 3.71. The number of thiazole rings is 1. The van der Waals surface area contributed by atoms with Gasteiger partial charge in [-0.1, -0.05) is 24.3 Å². The largest absolute Gasteiger partial charge is 0.416 e. The number of hydrogen-bond donors (Lipinski definition) is 1. The maximum Gasteiger partial charge on any atom is 0.416 e. The molecule has 1 aromatic carbocycles. The molecule has 1 aromatic heterocycles. The van der Waals surface area contributed by atoms with Crippen molar-refractivity contribution in [3.8, 4) is 5.06 Å². The maximum absolute atomic E-state index is 12.7. The number of aromatic nitrogens is 1. The summed E-state index contributed by atoms with van der Waals surface area (Å²) < 4.78 is 69.5. The van der Waals surface area contributed by atoms with Crippen molar-refractivity contribution in [2.45, 2.75) is 30.8 Å². The Kier molecular flexibility index (Phi) is 5.68. The van der Waals surface area contributed by atoms with E-state index in [1.54, 1.807) is 6.92 Å². The van der Waals surface area contributed by atoms with Crippen LogP contribution in [0.15, 0.2) is 35.4 Å². The minimum Gasteiger partial charge on any atom is -0.414 e. The molecule has 0 aliphatic carbocycles. The molecule has 1 heterocycles. The van der Waals surface area contributed by atoms with E-state index in [1.807, 2.05) is 0 Å². The third-order valence-corrected chi connectivity index (χ3v) is 5.10. The zero-order valence-corrected chi connectivity index (χ0v) is 14.5. The summed E-state index contributed by atoms with van der Waals surface area (Å²) >= 11 is 0.752. The SMILES string of the molecule is CCCC(=O)Oc1cnc(NS(=O)(=O)c2cccc(C(F)(F)F)c2)s1. The number of alkyl halides is 3. The van der Waals surface area contributed by atoms with E-state index < -0.39 is 32.6 Å². The molecule has 11 heteroatoms. The number of ether oxygens (including phenoxy) is 1. The summed E-state index contributed by atoms with van der Waals surface area (Å²) in [4.78, 5) is 14.6. The summed E-state index contributed by atoms with van der Waals surface area (Å²) in [6, 6.07) is 3.33. The van der Waals surface area contributed by atoms with Crippen LogP contribution in [-0.4, -0.2) is 19.4 Å². The molecule has 25 heavy (non-hydrogen) atoms. The molecule has 0 aliphatic rings. The van der Waals surface area contributed by atoms with Gasteiger partial charge in [0.1, 0.15) is 0 Å². The molecule has 0 aliphatic heterocycles. The molecule has 136 valence electrons. The second kappa shape index (κ2) is 7.40. The Bertz CT molecular complexity index is 863. The Morgan fingerprint density at radius 3 is 2.72 bits per heavy atom. The number of hydrogen-bond acceptors (Lipinski definition) is 6. The van der Waals surface area contributed by atoms with Crippen LogP contribution in [0, 0.1) is 0 Å². The summed E-state index contributed by atoms with van der Waals surface area (Å²) in [5.41, 5.74) is -1.08.